The van der Waals surface area contributed by atoms with Gasteiger partial charge in [0.05, 0.1) is 17.0 Å². The van der Waals surface area contributed by atoms with Crippen LogP contribution in [0.3, 0.4) is 0 Å². The normalized spacial score (nSPS) is 12.3. The summed E-state index contributed by atoms with van der Waals surface area (Å²) in [5, 5.41) is 60.1. The molecule has 7 N–H and O–H groups in total. The Kier molecular flexibility index (Phi) is 7.31. The van der Waals surface area contributed by atoms with Gasteiger partial charge in [0.1, 0.15) is 23.0 Å². The van der Waals surface area contributed by atoms with Crippen LogP contribution in [-0.4, -0.2) is 35.6 Å². The van der Waals surface area contributed by atoms with Crippen molar-refractivity contribution < 1.29 is 39.5 Å². The first-order valence-electron chi connectivity index (χ1n) is 12.4. The molecule has 0 aliphatic heterocycles. The van der Waals surface area contributed by atoms with Crippen LogP contribution in [0.5, 0.6) is 34.5 Å². The van der Waals surface area contributed by atoms with Crippen molar-refractivity contribution in [3.05, 3.63) is 127 Å². The van der Waals surface area contributed by atoms with Gasteiger partial charge in [0.2, 0.25) is 0 Å². The van der Waals surface area contributed by atoms with Crippen molar-refractivity contribution in [3.63, 3.8) is 0 Å². The van der Waals surface area contributed by atoms with Crippen LogP contribution in [0.25, 0.3) is 24.3 Å². The quantitative estimate of drug-likeness (QED) is 0.135. The zero-order valence-electron chi connectivity index (χ0n) is 21.6. The SMILES string of the molecule is O=c1oc(C=Cc2ccc(O)c(O)c2)cc(O)c1C(c1ccc[nH]1)c1c(O)cc(C=Cc2ccc(O)c(O)c2)oc1=O. The lowest BCUT2D eigenvalue weighted by Gasteiger charge is -2.17. The number of hydrogen-bond donors (Lipinski definition) is 7. The molecule has 0 saturated heterocycles. The fraction of sp³-hybridized carbons (Fsp3) is 0.0323. The monoisotopic (exact) mass is 569 g/mol. The van der Waals surface area contributed by atoms with Gasteiger partial charge < -0.3 is 44.5 Å². The van der Waals surface area contributed by atoms with Crippen molar-refractivity contribution in [3.8, 4) is 34.5 Å². The van der Waals surface area contributed by atoms with Gasteiger partial charge in [0.15, 0.2) is 23.0 Å². The van der Waals surface area contributed by atoms with Crippen LogP contribution < -0.4 is 11.3 Å². The maximum Gasteiger partial charge on any atom is 0.344 e. The fourth-order valence-electron chi connectivity index (χ4n) is 4.34. The van der Waals surface area contributed by atoms with Gasteiger partial charge in [-0.2, -0.15) is 0 Å². The van der Waals surface area contributed by atoms with Crippen LogP contribution >= 0.6 is 0 Å². The van der Waals surface area contributed by atoms with Crippen molar-refractivity contribution in [1.29, 1.82) is 0 Å². The van der Waals surface area contributed by atoms with Gasteiger partial charge in [-0.3, -0.25) is 0 Å². The van der Waals surface area contributed by atoms with Crippen LogP contribution in [0.15, 0.2) is 85.3 Å². The minimum absolute atomic E-state index is 0.0453. The summed E-state index contributed by atoms with van der Waals surface area (Å²) in [7, 11) is 0. The molecular weight excluding hydrogens is 546 g/mol. The summed E-state index contributed by atoms with van der Waals surface area (Å²) in [6.45, 7) is 0. The molecular formula is C31H23NO10. The van der Waals surface area contributed by atoms with Crippen molar-refractivity contribution in [1.82, 2.24) is 4.98 Å². The molecule has 0 aliphatic rings. The van der Waals surface area contributed by atoms with Gasteiger partial charge in [-0.1, -0.05) is 24.3 Å². The largest absolute Gasteiger partial charge is 0.507 e. The Balaban J connectivity index is 1.53. The molecule has 0 unspecified atom stereocenters. The summed E-state index contributed by atoms with van der Waals surface area (Å²) in [5.41, 5.74) is -1.41. The summed E-state index contributed by atoms with van der Waals surface area (Å²) < 4.78 is 10.8. The molecule has 42 heavy (non-hydrogen) atoms. The van der Waals surface area contributed by atoms with Gasteiger partial charge >= 0.3 is 11.3 Å². The second-order valence-electron chi connectivity index (χ2n) is 9.19. The lowest BCUT2D eigenvalue weighted by Crippen LogP contribution is -2.21. The fourth-order valence-corrected chi connectivity index (χ4v) is 4.34. The van der Waals surface area contributed by atoms with Crippen LogP contribution in [0.1, 0.15) is 45.4 Å². The number of H-pyrrole nitrogens is 1. The highest BCUT2D eigenvalue weighted by molar-refractivity contribution is 5.71. The molecule has 2 aromatic carbocycles. The molecule has 0 spiro atoms. The average molecular weight is 570 g/mol. The molecule has 5 rings (SSSR count). The predicted octanol–water partition coefficient (Wildman–Crippen LogP) is 4.68. The van der Waals surface area contributed by atoms with Gasteiger partial charge in [-0.05, 0) is 59.7 Å². The Bertz CT molecular complexity index is 1820. The molecule has 0 amide bonds. The van der Waals surface area contributed by atoms with E-state index in [1.807, 2.05) is 0 Å². The van der Waals surface area contributed by atoms with Gasteiger partial charge in [-0.25, -0.2) is 9.59 Å². The average Bonchev–Trinajstić information content (AvgIpc) is 3.47. The van der Waals surface area contributed by atoms with E-state index in [1.54, 1.807) is 12.1 Å². The molecule has 3 aromatic heterocycles. The number of benzene rings is 2. The number of nitrogens with one attached hydrogen (secondary N) is 1. The van der Waals surface area contributed by atoms with E-state index in [4.69, 9.17) is 8.83 Å². The molecule has 0 aliphatic carbocycles. The number of hydrogen-bond acceptors (Lipinski definition) is 10. The molecule has 0 atom stereocenters. The van der Waals surface area contributed by atoms with Gasteiger partial charge in [-0.15, -0.1) is 0 Å². The van der Waals surface area contributed by atoms with E-state index in [0.29, 0.717) is 11.1 Å². The smallest absolute Gasteiger partial charge is 0.344 e. The predicted molar refractivity (Wildman–Crippen MR) is 152 cm³/mol. The van der Waals surface area contributed by atoms with Crippen LogP contribution in [0, 0.1) is 0 Å². The first-order valence-corrected chi connectivity index (χ1v) is 12.4. The first kappa shape index (κ1) is 27.5. The highest BCUT2D eigenvalue weighted by Gasteiger charge is 2.31. The van der Waals surface area contributed by atoms with E-state index in [2.05, 4.69) is 4.98 Å². The van der Waals surface area contributed by atoms with Gasteiger partial charge in [0, 0.05) is 24.0 Å². The first-order chi connectivity index (χ1) is 20.1. The summed E-state index contributed by atoms with van der Waals surface area (Å²) in [6.07, 6.45) is 7.22. The number of phenols is 4. The number of aromatic amines is 1. The Morgan fingerprint density at radius 2 is 1.05 bits per heavy atom. The van der Waals surface area contributed by atoms with E-state index in [9.17, 15) is 40.2 Å². The van der Waals surface area contributed by atoms with Crippen molar-refractivity contribution >= 4 is 24.3 Å². The number of aromatic hydroxyl groups is 6. The molecule has 11 heteroatoms. The Morgan fingerprint density at radius 1 is 0.571 bits per heavy atom. The maximum atomic E-state index is 13.2. The van der Waals surface area contributed by atoms with Crippen molar-refractivity contribution in [2.75, 3.05) is 0 Å². The maximum absolute atomic E-state index is 13.2. The molecule has 0 fully saturated rings. The number of phenolic OH excluding ortho intramolecular Hbond substituents is 4. The van der Waals surface area contributed by atoms with Gasteiger partial charge in [0.25, 0.3) is 0 Å². The molecule has 5 aromatic rings. The molecule has 11 nitrogen and oxygen atoms in total. The summed E-state index contributed by atoms with van der Waals surface area (Å²) in [4.78, 5) is 29.2. The minimum Gasteiger partial charge on any atom is -0.507 e. The summed E-state index contributed by atoms with van der Waals surface area (Å²) in [5.74, 6) is -3.71. The van der Waals surface area contributed by atoms with E-state index in [1.165, 1.54) is 66.9 Å². The lowest BCUT2D eigenvalue weighted by atomic mass is 9.89. The third-order valence-corrected chi connectivity index (χ3v) is 6.36. The molecule has 212 valence electrons. The molecule has 0 saturated carbocycles. The number of rotatable bonds is 7. The second kappa shape index (κ2) is 11.2. The highest BCUT2D eigenvalue weighted by atomic mass is 16.4. The molecule has 0 radical (unpaired) electrons. The van der Waals surface area contributed by atoms with Crippen LogP contribution in [0.2, 0.25) is 0 Å². The lowest BCUT2D eigenvalue weighted by molar-refractivity contribution is 0.403. The molecule has 0 bridgehead atoms. The van der Waals surface area contributed by atoms with E-state index in [-0.39, 0.29) is 51.3 Å². The summed E-state index contributed by atoms with van der Waals surface area (Å²) >= 11 is 0. The summed E-state index contributed by atoms with van der Waals surface area (Å²) in [6, 6.07) is 13.6. The third kappa shape index (κ3) is 5.61. The van der Waals surface area contributed by atoms with Crippen molar-refractivity contribution in [2.45, 2.75) is 5.92 Å². The molecule has 3 heterocycles. The zero-order chi connectivity index (χ0) is 30.0. The highest BCUT2D eigenvalue weighted by Crippen LogP contribution is 2.37. The third-order valence-electron chi connectivity index (χ3n) is 6.36. The second-order valence-corrected chi connectivity index (χ2v) is 9.19. The Hall–Kier alpha value is -6.10. The topological polar surface area (TPSA) is 198 Å². The Morgan fingerprint density at radius 3 is 1.43 bits per heavy atom. The zero-order valence-corrected chi connectivity index (χ0v) is 21.6. The number of aromatic nitrogens is 1. The van der Waals surface area contributed by atoms with Crippen LogP contribution in [0.4, 0.5) is 0 Å². The van der Waals surface area contributed by atoms with E-state index < -0.39 is 28.7 Å². The minimum atomic E-state index is -1.30. The van der Waals surface area contributed by atoms with Crippen molar-refractivity contribution in [2.24, 2.45) is 0 Å². The van der Waals surface area contributed by atoms with E-state index >= 15 is 0 Å². The van der Waals surface area contributed by atoms with Crippen LogP contribution in [-0.2, 0) is 0 Å². The Labute approximate surface area is 236 Å². The standard InChI is InChI=1S/C31H23NO10/c33-21-9-5-16(12-23(21)35)3-7-18-14-25(37)28(30(39)41-18)27(20-2-1-11-32-20)29-26(38)15-19(42-31(29)40)8-4-17-6-10-22(34)24(36)13-17/h1-15,27,32-38H. The van der Waals surface area contributed by atoms with E-state index in [0.717, 1.165) is 12.1 Å².